The third kappa shape index (κ3) is 3.38. The molecule has 25 heavy (non-hydrogen) atoms. The van der Waals surface area contributed by atoms with Gasteiger partial charge in [0.2, 0.25) is 5.91 Å². The van der Waals surface area contributed by atoms with Gasteiger partial charge in [0.15, 0.2) is 11.5 Å². The van der Waals surface area contributed by atoms with E-state index in [1.807, 2.05) is 17.5 Å². The second-order valence-corrected chi connectivity index (χ2v) is 6.52. The molecule has 2 heterocycles. The fraction of sp³-hybridized carbons (Fsp3) is 0.111. The maximum absolute atomic E-state index is 11.4. The molecule has 0 fully saturated rings. The van der Waals surface area contributed by atoms with E-state index >= 15 is 0 Å². The van der Waals surface area contributed by atoms with Gasteiger partial charge in [-0.1, -0.05) is 6.07 Å². The van der Waals surface area contributed by atoms with Gasteiger partial charge in [-0.2, -0.15) is 0 Å². The Morgan fingerprint density at radius 2 is 1.80 bits per heavy atom. The zero-order valence-electron chi connectivity index (χ0n) is 13.0. The van der Waals surface area contributed by atoms with E-state index in [1.165, 1.54) is 23.5 Å². The lowest BCUT2D eigenvalue weighted by atomic mass is 9.99. The molecular weight excluding hydrogens is 404 g/mol. The number of rotatable bonds is 2. The summed E-state index contributed by atoms with van der Waals surface area (Å²) >= 11 is 1.48. The van der Waals surface area contributed by atoms with Crippen molar-refractivity contribution in [2.24, 2.45) is 0 Å². The maximum Gasteiger partial charge on any atom is 0.224 e. The summed E-state index contributed by atoms with van der Waals surface area (Å²) in [5, 5.41) is 24.6. The van der Waals surface area contributed by atoms with Gasteiger partial charge in [0.1, 0.15) is 5.01 Å². The summed E-state index contributed by atoms with van der Waals surface area (Å²) in [5.41, 5.74) is 4.59. The first-order valence-electron chi connectivity index (χ1n) is 7.51. The lowest BCUT2D eigenvalue weighted by molar-refractivity contribution is -0.116. The molecule has 1 amide bonds. The third-order valence-electron chi connectivity index (χ3n) is 4.02. The predicted octanol–water partition coefficient (Wildman–Crippen LogP) is 4.35. The van der Waals surface area contributed by atoms with Gasteiger partial charge in [0.25, 0.3) is 0 Å². The number of aryl methyl sites for hydroxylation is 1. The van der Waals surface area contributed by atoms with E-state index in [1.54, 1.807) is 6.07 Å². The van der Waals surface area contributed by atoms with Crippen LogP contribution in [0.2, 0.25) is 0 Å². The van der Waals surface area contributed by atoms with Crippen LogP contribution >= 0.6 is 28.3 Å². The van der Waals surface area contributed by atoms with Crippen molar-refractivity contribution in [1.29, 1.82) is 0 Å². The number of aromatic nitrogens is 1. The topological polar surface area (TPSA) is 82.5 Å². The van der Waals surface area contributed by atoms with Crippen molar-refractivity contribution in [1.82, 2.24) is 4.98 Å². The number of hydrogen-bond donors (Lipinski definition) is 3. The second-order valence-electron chi connectivity index (χ2n) is 5.66. The lowest BCUT2D eigenvalue weighted by Crippen LogP contribution is -2.18. The molecule has 0 radical (unpaired) electrons. The number of amides is 1. The molecule has 4 rings (SSSR count). The summed E-state index contributed by atoms with van der Waals surface area (Å²) in [7, 11) is 0. The van der Waals surface area contributed by atoms with Gasteiger partial charge >= 0.3 is 0 Å². The van der Waals surface area contributed by atoms with E-state index in [9.17, 15) is 15.0 Å². The smallest absolute Gasteiger partial charge is 0.224 e. The molecule has 3 aromatic rings. The Bertz CT molecular complexity index is 955. The molecule has 1 aliphatic heterocycles. The molecule has 0 unspecified atom stereocenters. The maximum atomic E-state index is 11.4. The monoisotopic (exact) mass is 418 g/mol. The Labute approximate surface area is 158 Å². The number of fused-ring (bicyclic) bond motifs is 1. The highest BCUT2D eigenvalue weighted by Gasteiger charge is 2.16. The molecule has 1 aromatic heterocycles. The van der Waals surface area contributed by atoms with Crippen LogP contribution in [0.4, 0.5) is 5.69 Å². The Balaban J connectivity index is 0.00000182. The Kier molecular flexibility index (Phi) is 4.78. The SMILES string of the molecule is Br.O=C1CCc2cc(-c3csc(-c4ccc(O)c(O)c4)n3)ccc2N1. The normalized spacial score (nSPS) is 12.9. The van der Waals surface area contributed by atoms with E-state index in [0.717, 1.165) is 39.5 Å². The Morgan fingerprint density at radius 3 is 2.60 bits per heavy atom. The molecule has 3 N–H and O–H groups in total. The number of carbonyl (C=O) groups is 1. The molecule has 0 spiro atoms. The number of hydrogen-bond acceptors (Lipinski definition) is 5. The number of carbonyl (C=O) groups excluding carboxylic acids is 1. The number of anilines is 1. The van der Waals surface area contributed by atoms with Crippen LogP contribution in [0.5, 0.6) is 11.5 Å². The first kappa shape index (κ1) is 17.4. The van der Waals surface area contributed by atoms with Crippen molar-refractivity contribution in [3.05, 3.63) is 47.3 Å². The molecule has 0 saturated carbocycles. The number of phenols is 2. The summed E-state index contributed by atoms with van der Waals surface area (Å²) in [6.07, 6.45) is 1.24. The van der Waals surface area contributed by atoms with Crippen LogP contribution in [0.1, 0.15) is 12.0 Å². The average molecular weight is 419 g/mol. The number of thiazole rings is 1. The number of aromatic hydroxyl groups is 2. The van der Waals surface area contributed by atoms with Crippen molar-refractivity contribution in [3.8, 4) is 33.3 Å². The van der Waals surface area contributed by atoms with Crippen molar-refractivity contribution in [3.63, 3.8) is 0 Å². The van der Waals surface area contributed by atoms with Crippen LogP contribution in [-0.4, -0.2) is 21.1 Å². The van der Waals surface area contributed by atoms with Crippen LogP contribution in [0, 0.1) is 0 Å². The van der Waals surface area contributed by atoms with Crippen molar-refractivity contribution in [2.75, 3.05) is 5.32 Å². The molecule has 128 valence electrons. The average Bonchev–Trinajstić information content (AvgIpc) is 3.07. The third-order valence-corrected chi connectivity index (χ3v) is 4.91. The highest BCUT2D eigenvalue weighted by Crippen LogP contribution is 2.35. The Morgan fingerprint density at radius 1 is 1.00 bits per heavy atom. The highest BCUT2D eigenvalue weighted by atomic mass is 79.9. The first-order chi connectivity index (χ1) is 11.6. The molecule has 0 bridgehead atoms. The van der Waals surface area contributed by atoms with Gasteiger partial charge in [-0.3, -0.25) is 4.79 Å². The van der Waals surface area contributed by atoms with E-state index in [4.69, 9.17) is 0 Å². The number of nitrogens with one attached hydrogen (secondary N) is 1. The molecule has 1 aliphatic rings. The summed E-state index contributed by atoms with van der Waals surface area (Å²) in [6, 6.07) is 10.6. The summed E-state index contributed by atoms with van der Waals surface area (Å²) in [4.78, 5) is 16.1. The standard InChI is InChI=1S/C18H14N2O3S.BrH/c21-15-5-2-12(8-16(15)22)18-20-14(9-24-18)11-1-4-13-10(7-11)3-6-17(23)19-13;/h1-2,4-5,7-9,21-22H,3,6H2,(H,19,23);1H. The van der Waals surface area contributed by atoms with Crippen molar-refractivity contribution in [2.45, 2.75) is 12.8 Å². The van der Waals surface area contributed by atoms with Crippen molar-refractivity contribution < 1.29 is 15.0 Å². The number of nitrogens with zero attached hydrogens (tertiary/aromatic N) is 1. The summed E-state index contributed by atoms with van der Waals surface area (Å²) < 4.78 is 0. The fourth-order valence-electron chi connectivity index (χ4n) is 2.74. The molecule has 0 atom stereocenters. The molecular formula is C18H15BrN2O3S. The number of benzene rings is 2. The number of phenolic OH excluding ortho intramolecular Hbond substituents is 2. The van der Waals surface area contributed by atoms with Gasteiger partial charge < -0.3 is 15.5 Å². The highest BCUT2D eigenvalue weighted by molar-refractivity contribution is 8.93. The van der Waals surface area contributed by atoms with E-state index < -0.39 is 0 Å². The van der Waals surface area contributed by atoms with Gasteiger partial charge in [0.05, 0.1) is 5.69 Å². The van der Waals surface area contributed by atoms with Crippen LogP contribution in [0.3, 0.4) is 0 Å². The van der Waals surface area contributed by atoms with E-state index in [2.05, 4.69) is 16.4 Å². The fourth-order valence-corrected chi connectivity index (χ4v) is 3.56. The van der Waals surface area contributed by atoms with E-state index in [-0.39, 0.29) is 34.4 Å². The van der Waals surface area contributed by atoms with Crippen molar-refractivity contribution >= 4 is 39.9 Å². The minimum absolute atomic E-state index is 0. The van der Waals surface area contributed by atoms with E-state index in [0.29, 0.717) is 6.42 Å². The second kappa shape index (κ2) is 6.85. The van der Waals surface area contributed by atoms with Crippen LogP contribution in [0.25, 0.3) is 21.8 Å². The zero-order valence-corrected chi connectivity index (χ0v) is 15.6. The van der Waals surface area contributed by atoms with Gasteiger partial charge in [0, 0.05) is 28.6 Å². The summed E-state index contributed by atoms with van der Waals surface area (Å²) in [5.74, 6) is -0.251. The van der Waals surface area contributed by atoms with Crippen LogP contribution in [-0.2, 0) is 11.2 Å². The van der Waals surface area contributed by atoms with Crippen LogP contribution in [0.15, 0.2) is 41.8 Å². The number of halogens is 1. The predicted molar refractivity (Wildman–Crippen MR) is 104 cm³/mol. The zero-order chi connectivity index (χ0) is 16.7. The van der Waals surface area contributed by atoms with Gasteiger partial charge in [-0.15, -0.1) is 28.3 Å². The van der Waals surface area contributed by atoms with Gasteiger partial charge in [-0.05, 0) is 42.3 Å². The molecule has 5 nitrogen and oxygen atoms in total. The minimum atomic E-state index is -0.159. The van der Waals surface area contributed by atoms with Crippen LogP contribution < -0.4 is 5.32 Å². The molecule has 2 aromatic carbocycles. The molecule has 0 aliphatic carbocycles. The Hall–Kier alpha value is -2.38. The molecule has 7 heteroatoms. The lowest BCUT2D eigenvalue weighted by Gasteiger charge is -2.17. The van der Waals surface area contributed by atoms with Gasteiger partial charge in [-0.25, -0.2) is 4.98 Å². The quantitative estimate of drug-likeness (QED) is 0.540. The molecule has 0 saturated heterocycles. The minimum Gasteiger partial charge on any atom is -0.504 e. The largest absolute Gasteiger partial charge is 0.504 e. The summed E-state index contributed by atoms with van der Waals surface area (Å²) in [6.45, 7) is 0. The first-order valence-corrected chi connectivity index (χ1v) is 8.39.